The number of benzene rings is 1. The number of hydrogen-bond acceptors (Lipinski definition) is 3. The third-order valence-corrected chi connectivity index (χ3v) is 2.36. The van der Waals surface area contributed by atoms with Crippen LogP contribution in [0.2, 0.25) is 0 Å². The Bertz CT molecular complexity index is 524. The van der Waals surface area contributed by atoms with Crippen LogP contribution in [0, 0.1) is 0 Å². The molecule has 0 N–H and O–H groups in total. The van der Waals surface area contributed by atoms with Crippen LogP contribution in [-0.2, 0) is 7.05 Å². The molecule has 2 rings (SSSR count). The van der Waals surface area contributed by atoms with Crippen LogP contribution in [0.5, 0.6) is 0 Å². The van der Waals surface area contributed by atoms with E-state index < -0.39 is 0 Å². The molecule has 5 heteroatoms. The van der Waals surface area contributed by atoms with Gasteiger partial charge < -0.3 is 0 Å². The Balaban J connectivity index is 0.000000980. The van der Waals surface area contributed by atoms with Gasteiger partial charge in [-0.2, -0.15) is 0 Å². The Labute approximate surface area is 129 Å². The minimum atomic E-state index is -0.0596. The fourth-order valence-electron chi connectivity index (χ4n) is 1.21. The number of nitrogens with zero attached hydrogens (tertiary/aromatic N) is 2. The van der Waals surface area contributed by atoms with Gasteiger partial charge in [-0.1, -0.05) is 12.1 Å². The maximum atomic E-state index is 11.6. The molecule has 1 heterocycles. The zero-order valence-corrected chi connectivity index (χ0v) is 7.95. The molecule has 0 spiro atoms. The quantitative estimate of drug-likeness (QED) is 0.409. The zero-order chi connectivity index (χ0) is 9.42. The van der Waals surface area contributed by atoms with E-state index in [0.717, 1.165) is 0 Å². The van der Waals surface area contributed by atoms with Gasteiger partial charge in [-0.05, 0) is 12.1 Å². The van der Waals surface area contributed by atoms with Crippen molar-refractivity contribution in [2.45, 2.75) is 5.16 Å². The van der Waals surface area contributed by atoms with Crippen molar-refractivity contribution in [2.75, 3.05) is 0 Å². The van der Waals surface area contributed by atoms with E-state index >= 15 is 0 Å². The molecule has 14 heavy (non-hydrogen) atoms. The zero-order valence-electron chi connectivity index (χ0n) is 7.06. The summed E-state index contributed by atoms with van der Waals surface area (Å²) in [6.07, 6.45) is 0. The normalized spacial score (nSPS) is 9.86. The van der Waals surface area contributed by atoms with Crippen molar-refractivity contribution in [3.63, 3.8) is 0 Å². The van der Waals surface area contributed by atoms with E-state index in [1.165, 1.54) is 4.57 Å². The number of rotatable bonds is 0. The average Bonchev–Trinajstić information content (AvgIpc) is 2.15. The van der Waals surface area contributed by atoms with Crippen molar-refractivity contribution >= 4 is 74.9 Å². The summed E-state index contributed by atoms with van der Waals surface area (Å²) >= 11 is 4.10. The molecule has 0 saturated carbocycles. The first kappa shape index (κ1) is 12.4. The third-order valence-electron chi connectivity index (χ3n) is 1.96. The monoisotopic (exact) mass is 232 g/mol. The van der Waals surface area contributed by atoms with Crippen LogP contribution in [0.15, 0.2) is 34.2 Å². The van der Waals surface area contributed by atoms with Crippen LogP contribution in [0.3, 0.4) is 0 Å². The van der Waals surface area contributed by atoms with Gasteiger partial charge in [0.15, 0.2) is 5.16 Å². The molecule has 0 amide bonds. The Morgan fingerprint density at radius 1 is 1.36 bits per heavy atom. The first-order valence-corrected chi connectivity index (χ1v) is 4.29. The first-order valence-electron chi connectivity index (χ1n) is 3.85. The van der Waals surface area contributed by atoms with Gasteiger partial charge >= 0.3 is 51.4 Å². The standard InChI is InChI=1S/C9H8N2OS.K.H/c1-11-8(12)6-4-2-3-5-7(6)10-9(11)13;;/h2-5H,1H3,(H,10,13);;. The number of fused-ring (bicyclic) bond motifs is 1. The van der Waals surface area contributed by atoms with E-state index in [1.807, 2.05) is 12.1 Å². The Morgan fingerprint density at radius 2 is 2.00 bits per heavy atom. The van der Waals surface area contributed by atoms with Gasteiger partial charge in [0, 0.05) is 7.05 Å². The van der Waals surface area contributed by atoms with Gasteiger partial charge in [-0.15, -0.1) is 12.6 Å². The maximum absolute atomic E-state index is 11.6. The molecule has 0 aliphatic heterocycles. The van der Waals surface area contributed by atoms with Gasteiger partial charge in [0.05, 0.1) is 10.9 Å². The molecule has 0 unspecified atom stereocenters. The number of thiol groups is 1. The van der Waals surface area contributed by atoms with Crippen molar-refractivity contribution < 1.29 is 0 Å². The van der Waals surface area contributed by atoms with Crippen molar-refractivity contribution in [1.29, 1.82) is 0 Å². The van der Waals surface area contributed by atoms with Crippen LogP contribution >= 0.6 is 12.6 Å². The topological polar surface area (TPSA) is 34.9 Å². The second kappa shape index (κ2) is 4.91. The van der Waals surface area contributed by atoms with E-state index in [1.54, 1.807) is 19.2 Å². The molecule has 1 aromatic carbocycles. The summed E-state index contributed by atoms with van der Waals surface area (Å²) in [5.74, 6) is 0. The molecule has 0 fully saturated rings. The summed E-state index contributed by atoms with van der Waals surface area (Å²) in [4.78, 5) is 15.8. The molecular weight excluding hydrogens is 223 g/mol. The molecule has 0 saturated heterocycles. The van der Waals surface area contributed by atoms with E-state index in [0.29, 0.717) is 16.1 Å². The van der Waals surface area contributed by atoms with Crippen LogP contribution in [0.25, 0.3) is 10.9 Å². The number of hydrogen-bond donors (Lipinski definition) is 1. The van der Waals surface area contributed by atoms with Crippen molar-refractivity contribution in [3.8, 4) is 0 Å². The molecule has 68 valence electrons. The first-order chi connectivity index (χ1) is 6.20. The summed E-state index contributed by atoms with van der Waals surface area (Å²) < 4.78 is 1.42. The van der Waals surface area contributed by atoms with Crippen LogP contribution in [0.4, 0.5) is 0 Å². The molecule has 3 nitrogen and oxygen atoms in total. The van der Waals surface area contributed by atoms with Crippen molar-refractivity contribution in [1.82, 2.24) is 9.55 Å². The van der Waals surface area contributed by atoms with Crippen LogP contribution in [-0.4, -0.2) is 60.9 Å². The molecule has 0 aliphatic carbocycles. The van der Waals surface area contributed by atoms with Gasteiger partial charge in [0.25, 0.3) is 5.56 Å². The SMILES string of the molecule is Cn1c(S)nc2ccccc2c1=O.[KH]. The fraction of sp³-hybridized carbons (Fsp3) is 0.111. The minimum absolute atomic E-state index is 0. The van der Waals surface area contributed by atoms with E-state index in [-0.39, 0.29) is 56.9 Å². The van der Waals surface area contributed by atoms with Crippen molar-refractivity contribution in [3.05, 3.63) is 34.6 Å². The van der Waals surface area contributed by atoms with Gasteiger partial charge in [0.1, 0.15) is 0 Å². The van der Waals surface area contributed by atoms with Gasteiger partial charge in [0.2, 0.25) is 0 Å². The third kappa shape index (κ3) is 2.13. The number of para-hydroxylation sites is 1. The summed E-state index contributed by atoms with van der Waals surface area (Å²) in [5, 5.41) is 1.06. The Kier molecular flexibility index (Phi) is 4.36. The fourth-order valence-corrected chi connectivity index (χ4v) is 1.40. The van der Waals surface area contributed by atoms with Gasteiger partial charge in [-0.25, -0.2) is 4.98 Å². The molecule has 2 aromatic rings. The summed E-state index contributed by atoms with van der Waals surface area (Å²) in [6.45, 7) is 0. The molecular formula is C9H9KN2OS. The van der Waals surface area contributed by atoms with Crippen molar-refractivity contribution in [2.24, 2.45) is 7.05 Å². The Morgan fingerprint density at radius 3 is 2.71 bits per heavy atom. The van der Waals surface area contributed by atoms with E-state index in [2.05, 4.69) is 17.6 Å². The number of aromatic nitrogens is 2. The average molecular weight is 232 g/mol. The summed E-state index contributed by atoms with van der Waals surface area (Å²) in [5.41, 5.74) is 0.631. The van der Waals surface area contributed by atoms with Crippen LogP contribution < -0.4 is 5.56 Å². The molecule has 0 radical (unpaired) electrons. The summed E-state index contributed by atoms with van der Waals surface area (Å²) in [7, 11) is 1.66. The van der Waals surface area contributed by atoms with E-state index in [9.17, 15) is 4.79 Å². The van der Waals surface area contributed by atoms with Crippen LogP contribution in [0.1, 0.15) is 0 Å². The predicted octanol–water partition coefficient (Wildman–Crippen LogP) is 0.574. The van der Waals surface area contributed by atoms with E-state index in [4.69, 9.17) is 0 Å². The second-order valence-electron chi connectivity index (χ2n) is 2.79. The molecule has 0 aliphatic rings. The van der Waals surface area contributed by atoms with Gasteiger partial charge in [-0.3, -0.25) is 9.36 Å². The predicted molar refractivity (Wildman–Crippen MR) is 61.4 cm³/mol. The molecule has 0 atom stereocenters. The Hall–Kier alpha value is 0.346. The molecule has 0 bridgehead atoms. The second-order valence-corrected chi connectivity index (χ2v) is 3.19. The summed E-state index contributed by atoms with van der Waals surface area (Å²) in [6, 6.07) is 7.24. The molecule has 1 aromatic heterocycles.